The van der Waals surface area contributed by atoms with Crippen molar-refractivity contribution in [1.29, 1.82) is 0 Å². The van der Waals surface area contributed by atoms with Crippen LogP contribution in [0.15, 0.2) is 53.1 Å². The SMILES string of the molecule is Brc1ccnc(NCC2CCN(c3ccccc3)C2)c1. The summed E-state index contributed by atoms with van der Waals surface area (Å²) in [7, 11) is 0. The number of halogens is 1. The van der Waals surface area contributed by atoms with E-state index in [1.54, 1.807) is 0 Å². The highest BCUT2D eigenvalue weighted by molar-refractivity contribution is 9.10. The van der Waals surface area contributed by atoms with Gasteiger partial charge in [-0.05, 0) is 36.6 Å². The number of benzene rings is 1. The van der Waals surface area contributed by atoms with Crippen molar-refractivity contribution in [3.63, 3.8) is 0 Å². The summed E-state index contributed by atoms with van der Waals surface area (Å²) in [6, 6.07) is 14.6. The van der Waals surface area contributed by atoms with E-state index in [1.807, 2.05) is 18.3 Å². The third-order valence-corrected chi connectivity index (χ3v) is 4.19. The third-order valence-electron chi connectivity index (χ3n) is 3.70. The Bertz CT molecular complexity index is 559. The largest absolute Gasteiger partial charge is 0.371 e. The third kappa shape index (κ3) is 3.31. The highest BCUT2D eigenvalue weighted by Crippen LogP contribution is 2.23. The molecule has 0 amide bonds. The summed E-state index contributed by atoms with van der Waals surface area (Å²) in [6.07, 6.45) is 3.05. The van der Waals surface area contributed by atoms with Gasteiger partial charge in [-0.25, -0.2) is 4.98 Å². The Balaban J connectivity index is 1.53. The quantitative estimate of drug-likeness (QED) is 0.923. The fourth-order valence-corrected chi connectivity index (χ4v) is 2.96. The zero-order valence-corrected chi connectivity index (χ0v) is 12.9. The zero-order valence-electron chi connectivity index (χ0n) is 11.3. The van der Waals surface area contributed by atoms with Crippen LogP contribution in [0.2, 0.25) is 0 Å². The van der Waals surface area contributed by atoms with Crippen molar-refractivity contribution in [2.24, 2.45) is 5.92 Å². The highest BCUT2D eigenvalue weighted by atomic mass is 79.9. The molecule has 4 heteroatoms. The molecule has 1 aliphatic rings. The number of hydrogen-bond donors (Lipinski definition) is 1. The first-order valence-corrected chi connectivity index (χ1v) is 7.76. The summed E-state index contributed by atoms with van der Waals surface area (Å²) in [5.74, 6) is 1.62. The minimum Gasteiger partial charge on any atom is -0.371 e. The van der Waals surface area contributed by atoms with Gasteiger partial charge in [0.05, 0.1) is 0 Å². The Kier molecular flexibility index (Phi) is 4.21. The summed E-state index contributed by atoms with van der Waals surface area (Å²) in [6.45, 7) is 3.24. The molecule has 1 aliphatic heterocycles. The van der Waals surface area contributed by atoms with Crippen LogP contribution in [-0.2, 0) is 0 Å². The maximum absolute atomic E-state index is 4.32. The molecule has 1 N–H and O–H groups in total. The van der Waals surface area contributed by atoms with E-state index in [1.165, 1.54) is 12.1 Å². The van der Waals surface area contributed by atoms with Crippen molar-refractivity contribution < 1.29 is 0 Å². The lowest BCUT2D eigenvalue weighted by atomic mass is 10.1. The van der Waals surface area contributed by atoms with E-state index in [0.717, 1.165) is 29.9 Å². The van der Waals surface area contributed by atoms with E-state index in [0.29, 0.717) is 5.92 Å². The predicted octanol–water partition coefficient (Wildman–Crippen LogP) is 3.78. The Labute approximate surface area is 128 Å². The van der Waals surface area contributed by atoms with E-state index in [2.05, 4.69) is 61.5 Å². The molecular formula is C16H18BrN3. The Morgan fingerprint density at radius 3 is 2.90 bits per heavy atom. The zero-order chi connectivity index (χ0) is 13.8. The van der Waals surface area contributed by atoms with Crippen molar-refractivity contribution in [2.45, 2.75) is 6.42 Å². The minimum absolute atomic E-state index is 0.677. The normalized spacial score (nSPS) is 18.2. The monoisotopic (exact) mass is 331 g/mol. The molecule has 0 aliphatic carbocycles. The molecule has 2 aromatic rings. The molecular weight excluding hydrogens is 314 g/mol. The number of rotatable bonds is 4. The van der Waals surface area contributed by atoms with Crippen LogP contribution in [-0.4, -0.2) is 24.6 Å². The average molecular weight is 332 g/mol. The van der Waals surface area contributed by atoms with E-state index in [9.17, 15) is 0 Å². The van der Waals surface area contributed by atoms with Crippen LogP contribution in [0.1, 0.15) is 6.42 Å². The van der Waals surface area contributed by atoms with E-state index < -0.39 is 0 Å². The summed E-state index contributed by atoms with van der Waals surface area (Å²) < 4.78 is 1.06. The molecule has 1 fully saturated rings. The number of nitrogens with one attached hydrogen (secondary N) is 1. The van der Waals surface area contributed by atoms with Gasteiger partial charge in [-0.2, -0.15) is 0 Å². The van der Waals surface area contributed by atoms with E-state index in [4.69, 9.17) is 0 Å². The number of anilines is 2. The van der Waals surface area contributed by atoms with Gasteiger partial charge in [-0.15, -0.1) is 0 Å². The summed E-state index contributed by atoms with van der Waals surface area (Å²) in [4.78, 5) is 6.78. The second kappa shape index (κ2) is 6.27. The molecule has 104 valence electrons. The highest BCUT2D eigenvalue weighted by Gasteiger charge is 2.22. The molecule has 3 rings (SSSR count). The lowest BCUT2D eigenvalue weighted by Crippen LogP contribution is -2.22. The van der Waals surface area contributed by atoms with E-state index >= 15 is 0 Å². The molecule has 1 atom stereocenters. The standard InChI is InChI=1S/C16H18BrN3/c17-14-6-8-18-16(10-14)19-11-13-7-9-20(12-13)15-4-2-1-3-5-15/h1-6,8,10,13H,7,9,11-12H2,(H,18,19). The van der Waals surface area contributed by atoms with Gasteiger partial charge >= 0.3 is 0 Å². The fraction of sp³-hybridized carbons (Fsp3) is 0.312. The lowest BCUT2D eigenvalue weighted by Gasteiger charge is -2.18. The van der Waals surface area contributed by atoms with Crippen LogP contribution in [0.3, 0.4) is 0 Å². The van der Waals surface area contributed by atoms with Crippen molar-refractivity contribution >= 4 is 27.4 Å². The van der Waals surface area contributed by atoms with E-state index in [-0.39, 0.29) is 0 Å². The summed E-state index contributed by atoms with van der Waals surface area (Å²) in [5.41, 5.74) is 1.33. The summed E-state index contributed by atoms with van der Waals surface area (Å²) in [5, 5.41) is 3.43. The first-order chi connectivity index (χ1) is 9.81. The molecule has 20 heavy (non-hydrogen) atoms. The Morgan fingerprint density at radius 2 is 2.10 bits per heavy atom. The van der Waals surface area contributed by atoms with Crippen molar-refractivity contribution in [2.75, 3.05) is 29.9 Å². The van der Waals surface area contributed by atoms with Crippen molar-refractivity contribution in [3.8, 4) is 0 Å². The minimum atomic E-state index is 0.677. The first-order valence-electron chi connectivity index (χ1n) is 6.97. The molecule has 0 bridgehead atoms. The molecule has 1 unspecified atom stereocenters. The second-order valence-electron chi connectivity index (χ2n) is 5.18. The molecule has 1 aromatic heterocycles. The maximum Gasteiger partial charge on any atom is 0.127 e. The maximum atomic E-state index is 4.32. The predicted molar refractivity (Wildman–Crippen MR) is 87.2 cm³/mol. The number of pyridine rings is 1. The van der Waals surface area contributed by atoms with Crippen LogP contribution >= 0.6 is 15.9 Å². The topological polar surface area (TPSA) is 28.2 Å². The molecule has 1 aromatic carbocycles. The van der Waals surface area contributed by atoms with Crippen molar-refractivity contribution in [3.05, 3.63) is 53.1 Å². The Morgan fingerprint density at radius 1 is 1.25 bits per heavy atom. The number of nitrogens with zero attached hydrogens (tertiary/aromatic N) is 2. The van der Waals surface area contributed by atoms with Crippen LogP contribution in [0, 0.1) is 5.92 Å². The van der Waals surface area contributed by atoms with Crippen LogP contribution in [0.5, 0.6) is 0 Å². The molecule has 0 saturated carbocycles. The van der Waals surface area contributed by atoms with Gasteiger partial charge in [-0.1, -0.05) is 34.1 Å². The number of hydrogen-bond acceptors (Lipinski definition) is 3. The van der Waals surface area contributed by atoms with Gasteiger partial charge < -0.3 is 10.2 Å². The van der Waals surface area contributed by atoms with Gasteiger partial charge in [0.1, 0.15) is 5.82 Å². The van der Waals surface area contributed by atoms with Gasteiger partial charge in [0.2, 0.25) is 0 Å². The first kappa shape index (κ1) is 13.4. The van der Waals surface area contributed by atoms with Gasteiger partial charge in [0.25, 0.3) is 0 Å². The summed E-state index contributed by atoms with van der Waals surface area (Å²) >= 11 is 3.47. The van der Waals surface area contributed by atoms with Gasteiger partial charge in [0, 0.05) is 36.0 Å². The second-order valence-corrected chi connectivity index (χ2v) is 6.09. The molecule has 0 radical (unpaired) electrons. The Hall–Kier alpha value is -1.55. The van der Waals surface area contributed by atoms with Crippen LogP contribution in [0.25, 0.3) is 0 Å². The van der Waals surface area contributed by atoms with Crippen LogP contribution in [0.4, 0.5) is 11.5 Å². The van der Waals surface area contributed by atoms with Gasteiger partial charge in [-0.3, -0.25) is 0 Å². The lowest BCUT2D eigenvalue weighted by molar-refractivity contribution is 0.621. The number of aromatic nitrogens is 1. The number of para-hydroxylation sites is 1. The van der Waals surface area contributed by atoms with Crippen molar-refractivity contribution in [1.82, 2.24) is 4.98 Å². The smallest absolute Gasteiger partial charge is 0.127 e. The van der Waals surface area contributed by atoms with Gasteiger partial charge in [0.15, 0.2) is 0 Å². The average Bonchev–Trinajstić information content (AvgIpc) is 2.95. The molecule has 3 nitrogen and oxygen atoms in total. The van der Waals surface area contributed by atoms with Crippen LogP contribution < -0.4 is 10.2 Å². The molecule has 1 saturated heterocycles. The fourth-order valence-electron chi connectivity index (χ4n) is 2.62. The molecule has 2 heterocycles. The molecule has 0 spiro atoms.